The summed E-state index contributed by atoms with van der Waals surface area (Å²) in [5.41, 5.74) is 2.06. The van der Waals surface area contributed by atoms with E-state index in [9.17, 15) is 4.79 Å². The van der Waals surface area contributed by atoms with Crippen LogP contribution in [-0.4, -0.2) is 25.5 Å². The molecule has 1 aromatic carbocycles. The van der Waals surface area contributed by atoms with Crippen molar-refractivity contribution in [3.8, 4) is 0 Å². The third-order valence-electron chi connectivity index (χ3n) is 3.69. The quantitative estimate of drug-likeness (QED) is 0.877. The maximum absolute atomic E-state index is 11.9. The lowest BCUT2D eigenvalue weighted by atomic mass is 10.1. The van der Waals surface area contributed by atoms with Crippen LogP contribution in [0.2, 0.25) is 0 Å². The van der Waals surface area contributed by atoms with Crippen molar-refractivity contribution in [2.24, 2.45) is 5.92 Å². The number of fused-ring (bicyclic) bond motifs is 1. The SMILES string of the molecule is O=C(NCCc1coc2ccccc12)C1CCNC1. The second-order valence-electron chi connectivity index (χ2n) is 4.99. The molecule has 3 rings (SSSR count). The standard InChI is InChI=1S/C15H18N2O2/c18-15(11-5-7-16-9-11)17-8-6-12-10-19-14-4-2-1-3-13(12)14/h1-4,10-11,16H,5-9H2,(H,17,18). The lowest BCUT2D eigenvalue weighted by Crippen LogP contribution is -2.33. The van der Waals surface area contributed by atoms with Gasteiger partial charge in [-0.25, -0.2) is 0 Å². The zero-order chi connectivity index (χ0) is 13.1. The van der Waals surface area contributed by atoms with E-state index in [0.717, 1.165) is 42.5 Å². The Bertz CT molecular complexity index is 570. The van der Waals surface area contributed by atoms with Crippen molar-refractivity contribution in [2.75, 3.05) is 19.6 Å². The Hall–Kier alpha value is -1.81. The van der Waals surface area contributed by atoms with Gasteiger partial charge in [-0.05, 0) is 31.0 Å². The molecule has 1 atom stereocenters. The third-order valence-corrected chi connectivity index (χ3v) is 3.69. The molecule has 2 heterocycles. The summed E-state index contributed by atoms with van der Waals surface area (Å²) < 4.78 is 5.48. The summed E-state index contributed by atoms with van der Waals surface area (Å²) in [7, 11) is 0. The Morgan fingerprint density at radius 3 is 3.16 bits per heavy atom. The van der Waals surface area contributed by atoms with E-state index < -0.39 is 0 Å². The number of carbonyl (C=O) groups is 1. The van der Waals surface area contributed by atoms with Crippen LogP contribution < -0.4 is 10.6 Å². The summed E-state index contributed by atoms with van der Waals surface area (Å²) in [5.74, 6) is 0.305. The summed E-state index contributed by atoms with van der Waals surface area (Å²) in [5, 5.41) is 7.35. The predicted molar refractivity (Wildman–Crippen MR) is 73.9 cm³/mol. The molecule has 2 N–H and O–H groups in total. The van der Waals surface area contributed by atoms with E-state index in [0.29, 0.717) is 6.54 Å². The Morgan fingerprint density at radius 2 is 2.32 bits per heavy atom. The number of hydrogen-bond acceptors (Lipinski definition) is 3. The van der Waals surface area contributed by atoms with Gasteiger partial charge in [0.15, 0.2) is 0 Å². The summed E-state index contributed by atoms with van der Waals surface area (Å²) in [6.45, 7) is 2.42. The molecule has 1 aromatic heterocycles. The largest absolute Gasteiger partial charge is 0.464 e. The topological polar surface area (TPSA) is 54.3 Å². The molecule has 19 heavy (non-hydrogen) atoms. The second kappa shape index (κ2) is 5.45. The number of hydrogen-bond donors (Lipinski definition) is 2. The van der Waals surface area contributed by atoms with Crippen molar-refractivity contribution < 1.29 is 9.21 Å². The van der Waals surface area contributed by atoms with Crippen LogP contribution in [0, 0.1) is 5.92 Å². The van der Waals surface area contributed by atoms with Gasteiger partial charge in [0.2, 0.25) is 5.91 Å². The van der Waals surface area contributed by atoms with Gasteiger partial charge in [0.1, 0.15) is 5.58 Å². The molecule has 0 bridgehead atoms. The van der Waals surface area contributed by atoms with E-state index in [-0.39, 0.29) is 11.8 Å². The van der Waals surface area contributed by atoms with Gasteiger partial charge in [-0.1, -0.05) is 18.2 Å². The van der Waals surface area contributed by atoms with Crippen molar-refractivity contribution >= 4 is 16.9 Å². The molecule has 1 amide bonds. The van der Waals surface area contributed by atoms with Gasteiger partial charge in [0.05, 0.1) is 12.2 Å². The van der Waals surface area contributed by atoms with Crippen LogP contribution in [0.3, 0.4) is 0 Å². The van der Waals surface area contributed by atoms with Crippen LogP contribution in [0.25, 0.3) is 11.0 Å². The first-order valence-electron chi connectivity index (χ1n) is 6.78. The monoisotopic (exact) mass is 258 g/mol. The average molecular weight is 258 g/mol. The molecule has 4 nitrogen and oxygen atoms in total. The minimum Gasteiger partial charge on any atom is -0.464 e. The van der Waals surface area contributed by atoms with Crippen molar-refractivity contribution in [3.63, 3.8) is 0 Å². The van der Waals surface area contributed by atoms with E-state index in [1.807, 2.05) is 18.2 Å². The van der Waals surface area contributed by atoms with Crippen molar-refractivity contribution in [1.82, 2.24) is 10.6 Å². The highest BCUT2D eigenvalue weighted by Crippen LogP contribution is 2.20. The zero-order valence-corrected chi connectivity index (χ0v) is 10.8. The van der Waals surface area contributed by atoms with Gasteiger partial charge in [-0.15, -0.1) is 0 Å². The number of amides is 1. The second-order valence-corrected chi connectivity index (χ2v) is 4.99. The molecule has 1 saturated heterocycles. The van der Waals surface area contributed by atoms with Crippen LogP contribution in [0.5, 0.6) is 0 Å². The Kier molecular flexibility index (Phi) is 3.51. The molecular weight excluding hydrogens is 240 g/mol. The van der Waals surface area contributed by atoms with E-state index in [1.165, 1.54) is 0 Å². The Balaban J connectivity index is 1.56. The highest BCUT2D eigenvalue weighted by atomic mass is 16.3. The fourth-order valence-corrected chi connectivity index (χ4v) is 2.57. The molecule has 1 fully saturated rings. The van der Waals surface area contributed by atoms with Crippen LogP contribution in [0.1, 0.15) is 12.0 Å². The summed E-state index contributed by atoms with van der Waals surface area (Å²) in [4.78, 5) is 11.9. The molecule has 0 saturated carbocycles. The molecule has 1 unspecified atom stereocenters. The van der Waals surface area contributed by atoms with E-state index >= 15 is 0 Å². The lowest BCUT2D eigenvalue weighted by Gasteiger charge is -2.09. The van der Waals surface area contributed by atoms with E-state index in [4.69, 9.17) is 4.42 Å². The van der Waals surface area contributed by atoms with E-state index in [2.05, 4.69) is 16.7 Å². The van der Waals surface area contributed by atoms with Crippen LogP contribution in [-0.2, 0) is 11.2 Å². The van der Waals surface area contributed by atoms with Crippen molar-refractivity contribution in [2.45, 2.75) is 12.8 Å². The molecule has 0 radical (unpaired) electrons. The zero-order valence-electron chi connectivity index (χ0n) is 10.8. The summed E-state index contributed by atoms with van der Waals surface area (Å²) >= 11 is 0. The normalized spacial score (nSPS) is 18.8. The van der Waals surface area contributed by atoms with Gasteiger partial charge in [0.25, 0.3) is 0 Å². The van der Waals surface area contributed by atoms with E-state index in [1.54, 1.807) is 6.26 Å². The molecule has 2 aromatic rings. The Morgan fingerprint density at radius 1 is 1.42 bits per heavy atom. The number of furan rings is 1. The fraction of sp³-hybridized carbons (Fsp3) is 0.400. The maximum atomic E-state index is 11.9. The minimum atomic E-state index is 0.140. The minimum absolute atomic E-state index is 0.140. The third kappa shape index (κ3) is 2.63. The molecule has 1 aliphatic heterocycles. The first kappa shape index (κ1) is 12.2. The van der Waals surface area contributed by atoms with Crippen molar-refractivity contribution in [1.29, 1.82) is 0 Å². The van der Waals surface area contributed by atoms with Gasteiger partial charge < -0.3 is 15.1 Å². The number of rotatable bonds is 4. The van der Waals surface area contributed by atoms with Crippen molar-refractivity contribution in [3.05, 3.63) is 36.1 Å². The molecule has 0 aliphatic carbocycles. The number of para-hydroxylation sites is 1. The fourth-order valence-electron chi connectivity index (χ4n) is 2.57. The summed E-state index contributed by atoms with van der Waals surface area (Å²) in [6, 6.07) is 7.98. The highest BCUT2D eigenvalue weighted by molar-refractivity contribution is 5.81. The maximum Gasteiger partial charge on any atom is 0.224 e. The number of benzene rings is 1. The Labute approximate surface area is 112 Å². The smallest absolute Gasteiger partial charge is 0.224 e. The first-order chi connectivity index (χ1) is 9.34. The lowest BCUT2D eigenvalue weighted by molar-refractivity contribution is -0.124. The first-order valence-corrected chi connectivity index (χ1v) is 6.78. The molecular formula is C15H18N2O2. The highest BCUT2D eigenvalue weighted by Gasteiger charge is 2.21. The van der Waals surface area contributed by atoms with Gasteiger partial charge in [-0.2, -0.15) is 0 Å². The molecule has 4 heteroatoms. The molecule has 100 valence electrons. The molecule has 0 spiro atoms. The molecule has 1 aliphatic rings. The van der Waals surface area contributed by atoms with Gasteiger partial charge in [0, 0.05) is 18.5 Å². The van der Waals surface area contributed by atoms with Crippen LogP contribution >= 0.6 is 0 Å². The van der Waals surface area contributed by atoms with Crippen LogP contribution in [0.15, 0.2) is 34.9 Å². The summed E-state index contributed by atoms with van der Waals surface area (Å²) in [6.07, 6.45) is 3.54. The van der Waals surface area contributed by atoms with Gasteiger partial charge >= 0.3 is 0 Å². The van der Waals surface area contributed by atoms with Crippen LogP contribution in [0.4, 0.5) is 0 Å². The van der Waals surface area contributed by atoms with Gasteiger partial charge in [-0.3, -0.25) is 4.79 Å². The average Bonchev–Trinajstić information content (AvgIpc) is 3.08. The predicted octanol–water partition coefficient (Wildman–Crippen LogP) is 1.70. The number of nitrogens with one attached hydrogen (secondary N) is 2. The number of carbonyl (C=O) groups excluding carboxylic acids is 1.